The van der Waals surface area contributed by atoms with E-state index in [2.05, 4.69) is 24.1 Å². The average molecular weight is 287 g/mol. The topological polar surface area (TPSA) is 58.4 Å². The zero-order chi connectivity index (χ0) is 14.3. The molecule has 0 spiro atoms. The second-order valence-corrected chi connectivity index (χ2v) is 6.85. The van der Waals surface area contributed by atoms with Crippen molar-refractivity contribution in [2.45, 2.75) is 45.2 Å². The summed E-state index contributed by atoms with van der Waals surface area (Å²) in [6, 6.07) is -0.0302. The number of nitrogens with two attached hydrogens (primary N) is 1. The summed E-state index contributed by atoms with van der Waals surface area (Å²) in [5.41, 5.74) is 5.88. The van der Waals surface area contributed by atoms with Crippen molar-refractivity contribution in [1.82, 2.24) is 10.2 Å². The molecule has 5 heteroatoms. The van der Waals surface area contributed by atoms with Gasteiger partial charge >= 0.3 is 0 Å². The van der Waals surface area contributed by atoms with E-state index >= 15 is 0 Å². The molecule has 19 heavy (non-hydrogen) atoms. The summed E-state index contributed by atoms with van der Waals surface area (Å²) in [6.45, 7) is 7.83. The molecule has 1 saturated heterocycles. The zero-order valence-electron chi connectivity index (χ0n) is 12.5. The summed E-state index contributed by atoms with van der Waals surface area (Å²) < 4.78 is 0. The molecule has 0 aromatic rings. The maximum atomic E-state index is 11.9. The fraction of sp³-hybridized carbons (Fsp3) is 0.929. The van der Waals surface area contributed by atoms with Crippen LogP contribution in [0.2, 0.25) is 0 Å². The Kier molecular flexibility index (Phi) is 7.80. The predicted molar refractivity (Wildman–Crippen MR) is 83.4 cm³/mol. The summed E-state index contributed by atoms with van der Waals surface area (Å²) in [7, 11) is 0. The number of rotatable bonds is 7. The molecule has 1 atom stereocenters. The van der Waals surface area contributed by atoms with Crippen molar-refractivity contribution in [3.05, 3.63) is 0 Å². The van der Waals surface area contributed by atoms with E-state index in [1.54, 1.807) is 11.8 Å². The van der Waals surface area contributed by atoms with Crippen molar-refractivity contribution < 1.29 is 4.79 Å². The molecule has 0 aliphatic carbocycles. The van der Waals surface area contributed by atoms with Gasteiger partial charge in [0, 0.05) is 25.7 Å². The van der Waals surface area contributed by atoms with Crippen LogP contribution >= 0.6 is 11.8 Å². The second-order valence-electron chi connectivity index (χ2n) is 5.87. The maximum absolute atomic E-state index is 11.9. The highest BCUT2D eigenvalue weighted by Crippen LogP contribution is 2.12. The predicted octanol–water partition coefficient (Wildman–Crippen LogP) is 1.30. The Labute approximate surface area is 121 Å². The zero-order valence-corrected chi connectivity index (χ0v) is 13.3. The molecule has 0 bridgehead atoms. The van der Waals surface area contributed by atoms with Crippen LogP contribution in [0.4, 0.5) is 0 Å². The number of carbonyl (C=O) groups is 1. The van der Waals surface area contributed by atoms with Gasteiger partial charge in [0.15, 0.2) is 0 Å². The van der Waals surface area contributed by atoms with Gasteiger partial charge in [-0.05, 0) is 37.2 Å². The monoisotopic (exact) mass is 287 g/mol. The van der Waals surface area contributed by atoms with Gasteiger partial charge in [-0.2, -0.15) is 11.8 Å². The van der Waals surface area contributed by atoms with Gasteiger partial charge in [0.25, 0.3) is 0 Å². The fourth-order valence-electron chi connectivity index (χ4n) is 2.46. The number of thioether (sulfide) groups is 1. The summed E-state index contributed by atoms with van der Waals surface area (Å²) in [4.78, 5) is 14.4. The average Bonchev–Trinajstić information content (AvgIpc) is 2.37. The lowest BCUT2D eigenvalue weighted by Gasteiger charge is -2.33. The molecule has 1 aliphatic rings. The Hall–Kier alpha value is -0.260. The molecule has 4 nitrogen and oxygen atoms in total. The minimum Gasteiger partial charge on any atom is -0.352 e. The highest BCUT2D eigenvalue weighted by atomic mass is 32.2. The second kappa shape index (κ2) is 8.82. The van der Waals surface area contributed by atoms with E-state index in [1.165, 1.54) is 0 Å². The van der Waals surface area contributed by atoms with Gasteiger partial charge in [0.05, 0.1) is 6.04 Å². The number of likely N-dealkylation sites (tertiary alicyclic amines) is 1. The molecule has 3 N–H and O–H groups in total. The lowest BCUT2D eigenvalue weighted by Crippen LogP contribution is -2.50. The SMILES string of the molecule is CSCC[C@H](N)C(=O)NC1CCN(CC(C)C)CC1. The van der Waals surface area contributed by atoms with E-state index in [4.69, 9.17) is 5.73 Å². The van der Waals surface area contributed by atoms with Gasteiger partial charge in [0.1, 0.15) is 0 Å². The van der Waals surface area contributed by atoms with Crippen molar-refractivity contribution in [1.29, 1.82) is 0 Å². The minimum absolute atomic E-state index is 0.0244. The first-order valence-corrected chi connectivity index (χ1v) is 8.69. The molecule has 1 heterocycles. The van der Waals surface area contributed by atoms with E-state index < -0.39 is 0 Å². The Morgan fingerprint density at radius 1 is 1.42 bits per heavy atom. The number of amides is 1. The molecule has 0 saturated carbocycles. The van der Waals surface area contributed by atoms with Crippen molar-refractivity contribution in [3.8, 4) is 0 Å². The van der Waals surface area contributed by atoms with Crippen molar-refractivity contribution in [3.63, 3.8) is 0 Å². The Morgan fingerprint density at radius 3 is 2.58 bits per heavy atom. The van der Waals surface area contributed by atoms with Crippen LogP contribution in [-0.2, 0) is 4.79 Å². The molecule has 1 rings (SSSR count). The summed E-state index contributed by atoms with van der Waals surface area (Å²) in [6.07, 6.45) is 4.90. The number of piperidine rings is 1. The summed E-state index contributed by atoms with van der Waals surface area (Å²) in [5, 5.41) is 3.10. The van der Waals surface area contributed by atoms with Crippen molar-refractivity contribution in [2.24, 2.45) is 11.7 Å². The Morgan fingerprint density at radius 2 is 2.05 bits per heavy atom. The van der Waals surface area contributed by atoms with Crippen LogP contribution in [0.1, 0.15) is 33.1 Å². The molecule has 0 radical (unpaired) electrons. The number of nitrogens with one attached hydrogen (secondary N) is 1. The fourth-order valence-corrected chi connectivity index (χ4v) is 2.95. The normalized spacial score (nSPS) is 19.6. The van der Waals surface area contributed by atoms with Crippen molar-refractivity contribution >= 4 is 17.7 Å². The molecule has 0 unspecified atom stereocenters. The van der Waals surface area contributed by atoms with Crippen LogP contribution in [0.25, 0.3) is 0 Å². The summed E-state index contributed by atoms with van der Waals surface area (Å²) in [5.74, 6) is 1.68. The van der Waals surface area contributed by atoms with Crippen LogP contribution in [0, 0.1) is 5.92 Å². The van der Waals surface area contributed by atoms with Gasteiger partial charge in [-0.1, -0.05) is 13.8 Å². The molecule has 0 aromatic heterocycles. The van der Waals surface area contributed by atoms with E-state index in [9.17, 15) is 4.79 Å². The minimum atomic E-state index is -0.346. The number of carbonyl (C=O) groups excluding carboxylic acids is 1. The van der Waals surface area contributed by atoms with Crippen LogP contribution in [0.5, 0.6) is 0 Å². The first kappa shape index (κ1) is 16.8. The summed E-state index contributed by atoms with van der Waals surface area (Å²) >= 11 is 1.73. The van der Waals surface area contributed by atoms with Gasteiger partial charge < -0.3 is 16.0 Å². The van der Waals surface area contributed by atoms with E-state index in [0.29, 0.717) is 12.0 Å². The molecular formula is C14H29N3OS. The molecule has 1 fully saturated rings. The van der Waals surface area contributed by atoms with E-state index in [-0.39, 0.29) is 11.9 Å². The Balaban J connectivity index is 2.23. The quantitative estimate of drug-likeness (QED) is 0.741. The smallest absolute Gasteiger partial charge is 0.237 e. The van der Waals surface area contributed by atoms with E-state index in [0.717, 1.165) is 44.6 Å². The lowest BCUT2D eigenvalue weighted by atomic mass is 10.0. The molecule has 1 aliphatic heterocycles. The molecule has 1 amide bonds. The van der Waals surface area contributed by atoms with Gasteiger partial charge in [-0.25, -0.2) is 0 Å². The van der Waals surface area contributed by atoms with E-state index in [1.807, 2.05) is 6.26 Å². The Bertz CT molecular complexity index is 265. The van der Waals surface area contributed by atoms with Gasteiger partial charge in [-0.15, -0.1) is 0 Å². The first-order chi connectivity index (χ1) is 9.02. The van der Waals surface area contributed by atoms with Crippen LogP contribution in [-0.4, -0.2) is 54.5 Å². The standard InChI is InChI=1S/C14H29N3OS/c1-11(2)10-17-7-4-12(5-8-17)16-14(18)13(15)6-9-19-3/h11-13H,4-10,15H2,1-3H3,(H,16,18)/t13-/m0/s1. The largest absolute Gasteiger partial charge is 0.352 e. The van der Waals surface area contributed by atoms with Crippen LogP contribution in [0.15, 0.2) is 0 Å². The number of nitrogens with zero attached hydrogens (tertiary/aromatic N) is 1. The van der Waals surface area contributed by atoms with Gasteiger partial charge in [-0.3, -0.25) is 4.79 Å². The highest BCUT2D eigenvalue weighted by molar-refractivity contribution is 7.98. The van der Waals surface area contributed by atoms with Gasteiger partial charge in [0.2, 0.25) is 5.91 Å². The van der Waals surface area contributed by atoms with Crippen molar-refractivity contribution in [2.75, 3.05) is 31.6 Å². The number of hydrogen-bond donors (Lipinski definition) is 2. The van der Waals surface area contributed by atoms with Crippen LogP contribution in [0.3, 0.4) is 0 Å². The molecule has 0 aromatic carbocycles. The molecule has 112 valence electrons. The lowest BCUT2D eigenvalue weighted by molar-refractivity contribution is -0.123. The third-order valence-electron chi connectivity index (χ3n) is 3.53. The van der Waals surface area contributed by atoms with Crippen LogP contribution < -0.4 is 11.1 Å². The molecular weight excluding hydrogens is 258 g/mol. The third-order valence-corrected chi connectivity index (χ3v) is 4.17. The maximum Gasteiger partial charge on any atom is 0.237 e. The third kappa shape index (κ3) is 6.63. The first-order valence-electron chi connectivity index (χ1n) is 7.30. The number of hydrogen-bond acceptors (Lipinski definition) is 4. The highest BCUT2D eigenvalue weighted by Gasteiger charge is 2.22.